The van der Waals surface area contributed by atoms with E-state index in [-0.39, 0.29) is 29.9 Å². The maximum Gasteiger partial charge on any atom is 0.408 e. The summed E-state index contributed by atoms with van der Waals surface area (Å²) in [5.41, 5.74) is -0.551. The highest BCUT2D eigenvalue weighted by Gasteiger charge is 2.25. The number of amides is 1. The predicted octanol–water partition coefficient (Wildman–Crippen LogP) is 5.58. The largest absolute Gasteiger partial charge is 0.444 e. The van der Waals surface area contributed by atoms with Crippen molar-refractivity contribution >= 4 is 6.09 Å². The Morgan fingerprint density at radius 3 is 2.15 bits per heavy atom. The van der Waals surface area contributed by atoms with E-state index in [9.17, 15) is 23.2 Å². The molecule has 0 aliphatic carbocycles. The topological polar surface area (TPSA) is 82.3 Å². The number of hydrogen-bond donors (Lipinski definition) is 1. The van der Waals surface area contributed by atoms with E-state index in [0.717, 1.165) is 4.57 Å². The van der Waals surface area contributed by atoms with Crippen molar-refractivity contribution in [3.05, 3.63) is 128 Å². The third-order valence-electron chi connectivity index (χ3n) is 6.34. The lowest BCUT2D eigenvalue weighted by Gasteiger charge is -2.25. The van der Waals surface area contributed by atoms with Crippen molar-refractivity contribution in [1.29, 1.82) is 0 Å². The first-order valence-corrected chi connectivity index (χ1v) is 12.8. The normalized spacial score (nSPS) is 12.2. The van der Waals surface area contributed by atoms with Crippen molar-refractivity contribution in [2.24, 2.45) is 0 Å². The molecule has 0 spiro atoms. The minimum absolute atomic E-state index is 0.0160. The number of halogens is 2. The highest BCUT2D eigenvalue weighted by molar-refractivity contribution is 5.68. The van der Waals surface area contributed by atoms with E-state index in [2.05, 4.69) is 5.32 Å². The first-order chi connectivity index (χ1) is 18.9. The molecular weight excluding hydrogens is 516 g/mol. The molecule has 1 heterocycles. The van der Waals surface area contributed by atoms with Crippen LogP contribution in [0, 0.1) is 18.6 Å². The van der Waals surface area contributed by atoms with Crippen molar-refractivity contribution in [3.63, 3.8) is 0 Å². The quantitative estimate of drug-likeness (QED) is 0.328. The van der Waals surface area contributed by atoms with Crippen molar-refractivity contribution < 1.29 is 18.3 Å². The van der Waals surface area contributed by atoms with Gasteiger partial charge < -0.3 is 10.1 Å². The summed E-state index contributed by atoms with van der Waals surface area (Å²) >= 11 is 0. The van der Waals surface area contributed by atoms with E-state index < -0.39 is 40.6 Å². The summed E-state index contributed by atoms with van der Waals surface area (Å²) < 4.78 is 36.3. The molecule has 208 valence electrons. The van der Waals surface area contributed by atoms with Crippen LogP contribution in [0.2, 0.25) is 0 Å². The van der Waals surface area contributed by atoms with Gasteiger partial charge in [0.25, 0.3) is 5.56 Å². The smallest absolute Gasteiger partial charge is 0.408 e. The molecule has 0 aliphatic heterocycles. The van der Waals surface area contributed by atoms with Gasteiger partial charge in [-0.3, -0.25) is 13.9 Å². The van der Waals surface area contributed by atoms with Crippen LogP contribution in [0.1, 0.15) is 43.6 Å². The van der Waals surface area contributed by atoms with Crippen LogP contribution in [0.3, 0.4) is 0 Å². The van der Waals surface area contributed by atoms with Crippen molar-refractivity contribution in [2.45, 2.75) is 52.4 Å². The zero-order chi connectivity index (χ0) is 29.0. The maximum atomic E-state index is 15.0. The number of ether oxygens (including phenoxy) is 1. The number of alkyl carbamates (subject to hydrolysis) is 1. The molecule has 0 radical (unpaired) electrons. The van der Waals surface area contributed by atoms with Gasteiger partial charge in [0.1, 0.15) is 17.2 Å². The summed E-state index contributed by atoms with van der Waals surface area (Å²) in [5, 5.41) is 2.77. The number of rotatable bonds is 7. The molecule has 0 bridgehead atoms. The van der Waals surface area contributed by atoms with E-state index in [4.69, 9.17) is 4.74 Å². The van der Waals surface area contributed by atoms with Crippen LogP contribution < -0.4 is 16.6 Å². The van der Waals surface area contributed by atoms with Crippen LogP contribution in [0.4, 0.5) is 13.6 Å². The zero-order valence-electron chi connectivity index (χ0n) is 22.8. The number of nitrogens with one attached hydrogen (secondary N) is 1. The number of carbonyl (C=O) groups is 1. The zero-order valence-corrected chi connectivity index (χ0v) is 22.8. The van der Waals surface area contributed by atoms with Crippen LogP contribution in [-0.2, 0) is 17.8 Å². The molecule has 0 saturated carbocycles. The average molecular weight is 548 g/mol. The number of carbonyl (C=O) groups excluding carboxylic acids is 1. The van der Waals surface area contributed by atoms with E-state index in [1.54, 1.807) is 64.1 Å². The van der Waals surface area contributed by atoms with E-state index in [1.807, 2.05) is 0 Å². The van der Waals surface area contributed by atoms with Crippen molar-refractivity contribution in [1.82, 2.24) is 14.5 Å². The van der Waals surface area contributed by atoms with Crippen LogP contribution in [-0.4, -0.2) is 20.8 Å². The van der Waals surface area contributed by atoms with Crippen molar-refractivity contribution in [2.75, 3.05) is 0 Å². The van der Waals surface area contributed by atoms with Crippen LogP contribution >= 0.6 is 0 Å². The Morgan fingerprint density at radius 2 is 1.52 bits per heavy atom. The van der Waals surface area contributed by atoms with Gasteiger partial charge in [-0.25, -0.2) is 18.4 Å². The minimum atomic E-state index is -0.822. The van der Waals surface area contributed by atoms with Crippen LogP contribution in [0.15, 0.2) is 88.5 Å². The fraction of sp³-hybridized carbons (Fsp3) is 0.258. The summed E-state index contributed by atoms with van der Waals surface area (Å²) in [5.74, 6) is -1.04. The average Bonchev–Trinajstić information content (AvgIpc) is 2.90. The number of nitrogens with zero attached hydrogens (tertiary/aromatic N) is 2. The van der Waals surface area contributed by atoms with Gasteiger partial charge in [-0.2, -0.15) is 0 Å². The first-order valence-electron chi connectivity index (χ1n) is 12.8. The van der Waals surface area contributed by atoms with Gasteiger partial charge >= 0.3 is 11.8 Å². The van der Waals surface area contributed by atoms with E-state index >= 15 is 0 Å². The fourth-order valence-electron chi connectivity index (χ4n) is 4.45. The molecule has 0 unspecified atom stereocenters. The van der Waals surface area contributed by atoms with Gasteiger partial charge in [0.05, 0.1) is 24.7 Å². The van der Waals surface area contributed by atoms with Crippen LogP contribution in [0.25, 0.3) is 11.1 Å². The molecule has 0 saturated heterocycles. The van der Waals surface area contributed by atoms with Gasteiger partial charge in [0.2, 0.25) is 0 Å². The summed E-state index contributed by atoms with van der Waals surface area (Å²) in [4.78, 5) is 40.5. The maximum absolute atomic E-state index is 15.0. The molecule has 1 aromatic heterocycles. The van der Waals surface area contributed by atoms with Gasteiger partial charge in [-0.05, 0) is 57.0 Å². The number of hydrogen-bond acceptors (Lipinski definition) is 4. The molecule has 1 amide bonds. The molecule has 1 atom stereocenters. The lowest BCUT2D eigenvalue weighted by atomic mass is 10.0. The standard InChI is InChI=1S/C31H31F2N3O4/c1-20-27(24-12-8-9-13-25(24)33)28(37)36(30(39)35(20)18-21-14-16-23(32)17-15-21)19-26(22-10-6-5-7-11-22)34-29(38)40-31(2,3)4/h5-17,26H,18-19H2,1-4H3,(H,34,38)/t26-/m0/s1. The summed E-state index contributed by atoms with van der Waals surface area (Å²) in [6.07, 6.45) is -0.720. The van der Waals surface area contributed by atoms with Crippen molar-refractivity contribution in [3.8, 4) is 11.1 Å². The Hall–Kier alpha value is -4.53. The second-order valence-corrected chi connectivity index (χ2v) is 10.5. The predicted molar refractivity (Wildman–Crippen MR) is 149 cm³/mol. The lowest BCUT2D eigenvalue weighted by Crippen LogP contribution is -2.46. The molecule has 40 heavy (non-hydrogen) atoms. The molecule has 1 N–H and O–H groups in total. The Labute approximate surface area is 230 Å². The molecule has 4 rings (SSSR count). The number of benzene rings is 3. The molecule has 3 aromatic carbocycles. The molecule has 9 heteroatoms. The SMILES string of the molecule is Cc1c(-c2ccccc2F)c(=O)n(C[C@H](NC(=O)OC(C)(C)C)c2ccccc2)c(=O)n1Cc1ccc(F)cc1. The number of aromatic nitrogens is 2. The van der Waals surface area contributed by atoms with Crippen LogP contribution in [0.5, 0.6) is 0 Å². The van der Waals surface area contributed by atoms with Gasteiger partial charge in [0, 0.05) is 11.3 Å². The third-order valence-corrected chi connectivity index (χ3v) is 6.34. The lowest BCUT2D eigenvalue weighted by molar-refractivity contribution is 0.0497. The fourth-order valence-corrected chi connectivity index (χ4v) is 4.45. The Kier molecular flexibility index (Phi) is 8.32. The Bertz CT molecular complexity index is 1620. The minimum Gasteiger partial charge on any atom is -0.444 e. The summed E-state index contributed by atoms with van der Waals surface area (Å²) in [7, 11) is 0. The molecule has 0 aliphatic rings. The first kappa shape index (κ1) is 28.5. The third kappa shape index (κ3) is 6.54. The monoisotopic (exact) mass is 547 g/mol. The second kappa shape index (κ2) is 11.7. The van der Waals surface area contributed by atoms with Gasteiger partial charge in [-0.15, -0.1) is 0 Å². The highest BCUT2D eigenvalue weighted by Crippen LogP contribution is 2.23. The summed E-state index contributed by atoms with van der Waals surface area (Å²) in [6, 6.07) is 19.5. The molecule has 4 aromatic rings. The molecule has 0 fully saturated rings. The second-order valence-electron chi connectivity index (χ2n) is 10.5. The van der Waals surface area contributed by atoms with E-state index in [0.29, 0.717) is 11.1 Å². The van der Waals surface area contributed by atoms with Gasteiger partial charge in [0.15, 0.2) is 0 Å². The molecular formula is C31H31F2N3O4. The van der Waals surface area contributed by atoms with E-state index in [1.165, 1.54) is 47.0 Å². The highest BCUT2D eigenvalue weighted by atomic mass is 19.1. The summed E-state index contributed by atoms with van der Waals surface area (Å²) in [6.45, 7) is 6.52. The van der Waals surface area contributed by atoms with Gasteiger partial charge in [-0.1, -0.05) is 60.7 Å². The Balaban J connectivity index is 1.88. The Morgan fingerprint density at radius 1 is 0.900 bits per heavy atom. The molecule has 7 nitrogen and oxygen atoms in total.